The summed E-state index contributed by atoms with van der Waals surface area (Å²) in [6.07, 6.45) is 2.55. The van der Waals surface area contributed by atoms with Crippen molar-refractivity contribution in [1.82, 2.24) is 10.6 Å². The Morgan fingerprint density at radius 3 is 2.65 bits per heavy atom. The van der Waals surface area contributed by atoms with Crippen LogP contribution in [0, 0.1) is 5.92 Å². The molecule has 0 spiro atoms. The lowest BCUT2D eigenvalue weighted by Crippen LogP contribution is -2.27. The van der Waals surface area contributed by atoms with E-state index in [2.05, 4.69) is 15.4 Å². The first kappa shape index (κ1) is 19.6. The highest BCUT2D eigenvalue weighted by Gasteiger charge is 2.17. The Labute approximate surface area is 141 Å². The lowest BCUT2D eigenvalue weighted by molar-refractivity contribution is -0.122. The molecule has 7 heteroatoms. The van der Waals surface area contributed by atoms with Gasteiger partial charge in [0.15, 0.2) is 0 Å². The molecule has 130 valence electrons. The summed E-state index contributed by atoms with van der Waals surface area (Å²) in [7, 11) is 0. The molecule has 1 aromatic rings. The fraction of sp³-hybridized carbons (Fsp3) is 0.562. The number of rotatable bonds is 7. The molecule has 1 fully saturated rings. The molecule has 1 heterocycles. The third-order valence-electron chi connectivity index (χ3n) is 3.92. The van der Waals surface area contributed by atoms with E-state index in [1.807, 2.05) is 6.92 Å². The SMILES string of the molecule is CC(NC(=O)CCC1CCNC1)c1ccc(OC(F)F)cc1.Cl. The Balaban J connectivity index is 0.00000264. The molecule has 23 heavy (non-hydrogen) atoms. The maximum absolute atomic E-state index is 12.1. The Morgan fingerprint density at radius 2 is 2.09 bits per heavy atom. The largest absolute Gasteiger partial charge is 0.435 e. The number of nitrogens with one attached hydrogen (secondary N) is 2. The highest BCUT2D eigenvalue weighted by atomic mass is 35.5. The minimum atomic E-state index is -2.83. The van der Waals surface area contributed by atoms with Crippen LogP contribution in [0.4, 0.5) is 8.78 Å². The van der Waals surface area contributed by atoms with Gasteiger partial charge in [0.25, 0.3) is 0 Å². The lowest BCUT2D eigenvalue weighted by atomic mass is 10.0. The van der Waals surface area contributed by atoms with Crippen LogP contribution in [0.2, 0.25) is 0 Å². The van der Waals surface area contributed by atoms with Gasteiger partial charge in [-0.05, 0) is 56.5 Å². The van der Waals surface area contributed by atoms with E-state index >= 15 is 0 Å². The van der Waals surface area contributed by atoms with Crippen molar-refractivity contribution in [3.8, 4) is 5.75 Å². The third kappa shape index (κ3) is 6.71. The predicted octanol–water partition coefficient (Wildman–Crippen LogP) is 3.28. The zero-order valence-corrected chi connectivity index (χ0v) is 13.9. The summed E-state index contributed by atoms with van der Waals surface area (Å²) >= 11 is 0. The van der Waals surface area contributed by atoms with E-state index < -0.39 is 6.61 Å². The molecule has 0 bridgehead atoms. The maximum Gasteiger partial charge on any atom is 0.387 e. The molecule has 1 aliphatic rings. The van der Waals surface area contributed by atoms with Crippen LogP contribution in [-0.4, -0.2) is 25.6 Å². The van der Waals surface area contributed by atoms with Crippen LogP contribution in [0.25, 0.3) is 0 Å². The molecule has 0 radical (unpaired) electrons. The van der Waals surface area contributed by atoms with E-state index in [4.69, 9.17) is 0 Å². The number of ether oxygens (including phenoxy) is 1. The summed E-state index contributed by atoms with van der Waals surface area (Å²) in [4.78, 5) is 11.9. The molecule has 1 aromatic carbocycles. The van der Waals surface area contributed by atoms with Crippen LogP contribution >= 0.6 is 12.4 Å². The Bertz CT molecular complexity index is 479. The average Bonchev–Trinajstić information content (AvgIpc) is 2.98. The molecule has 0 saturated carbocycles. The summed E-state index contributed by atoms with van der Waals surface area (Å²) < 4.78 is 28.5. The van der Waals surface area contributed by atoms with Crippen LogP contribution in [-0.2, 0) is 4.79 Å². The topological polar surface area (TPSA) is 50.4 Å². The molecule has 1 aliphatic heterocycles. The normalized spacial score (nSPS) is 18.3. The Kier molecular flexibility index (Phi) is 8.26. The second-order valence-corrected chi connectivity index (χ2v) is 5.63. The standard InChI is InChI=1S/C16H22F2N2O2.ClH/c1-11(13-3-5-14(6-4-13)22-16(17)18)20-15(21)7-2-12-8-9-19-10-12;/h3-6,11-12,16,19H,2,7-10H2,1H3,(H,20,21);1H. The maximum atomic E-state index is 12.1. The van der Waals surface area contributed by atoms with Crippen LogP contribution in [0.1, 0.15) is 37.8 Å². The molecule has 0 aromatic heterocycles. The van der Waals surface area contributed by atoms with Gasteiger partial charge in [-0.3, -0.25) is 4.79 Å². The number of hydrogen-bond donors (Lipinski definition) is 2. The zero-order valence-electron chi connectivity index (χ0n) is 13.1. The highest BCUT2D eigenvalue weighted by Crippen LogP contribution is 2.20. The van der Waals surface area contributed by atoms with Crippen molar-refractivity contribution < 1.29 is 18.3 Å². The van der Waals surface area contributed by atoms with E-state index in [1.165, 1.54) is 12.1 Å². The fourth-order valence-corrected chi connectivity index (χ4v) is 2.63. The second-order valence-electron chi connectivity index (χ2n) is 5.63. The minimum Gasteiger partial charge on any atom is -0.435 e. The number of halogens is 3. The van der Waals surface area contributed by atoms with Crippen LogP contribution in [0.5, 0.6) is 5.75 Å². The van der Waals surface area contributed by atoms with Crippen molar-refractivity contribution in [2.75, 3.05) is 13.1 Å². The third-order valence-corrected chi connectivity index (χ3v) is 3.92. The molecule has 4 nitrogen and oxygen atoms in total. The zero-order chi connectivity index (χ0) is 15.9. The van der Waals surface area contributed by atoms with Gasteiger partial charge in [-0.15, -0.1) is 12.4 Å². The van der Waals surface area contributed by atoms with Crippen molar-refractivity contribution >= 4 is 18.3 Å². The summed E-state index contributed by atoms with van der Waals surface area (Å²) in [5.41, 5.74) is 0.859. The van der Waals surface area contributed by atoms with Crippen molar-refractivity contribution in [3.63, 3.8) is 0 Å². The number of hydrogen-bond acceptors (Lipinski definition) is 3. The lowest BCUT2D eigenvalue weighted by Gasteiger charge is -2.16. The number of benzene rings is 1. The molecule has 2 unspecified atom stereocenters. The molecule has 2 rings (SSSR count). The first-order valence-electron chi connectivity index (χ1n) is 7.59. The summed E-state index contributed by atoms with van der Waals surface area (Å²) in [6, 6.07) is 6.17. The van der Waals surface area contributed by atoms with E-state index in [9.17, 15) is 13.6 Å². The molecule has 2 atom stereocenters. The average molecular weight is 349 g/mol. The van der Waals surface area contributed by atoms with Crippen LogP contribution in [0.3, 0.4) is 0 Å². The molecular formula is C16H23ClF2N2O2. The number of carbonyl (C=O) groups is 1. The number of alkyl halides is 2. The van der Waals surface area contributed by atoms with Crippen LogP contribution < -0.4 is 15.4 Å². The Hall–Kier alpha value is -1.40. The second kappa shape index (κ2) is 9.67. The van der Waals surface area contributed by atoms with Gasteiger partial charge in [-0.2, -0.15) is 8.78 Å². The van der Waals surface area contributed by atoms with Crippen molar-refractivity contribution in [3.05, 3.63) is 29.8 Å². The van der Waals surface area contributed by atoms with E-state index in [0.717, 1.165) is 31.5 Å². The smallest absolute Gasteiger partial charge is 0.387 e. The van der Waals surface area contributed by atoms with Crippen molar-refractivity contribution in [2.24, 2.45) is 5.92 Å². The summed E-state index contributed by atoms with van der Waals surface area (Å²) in [6.45, 7) is 1.08. The minimum absolute atomic E-state index is 0. The quantitative estimate of drug-likeness (QED) is 0.795. The van der Waals surface area contributed by atoms with Gasteiger partial charge in [0.05, 0.1) is 6.04 Å². The number of carbonyl (C=O) groups excluding carboxylic acids is 1. The van der Waals surface area contributed by atoms with E-state index in [0.29, 0.717) is 12.3 Å². The van der Waals surface area contributed by atoms with Gasteiger partial charge in [-0.25, -0.2) is 0 Å². The predicted molar refractivity (Wildman–Crippen MR) is 87.1 cm³/mol. The first-order chi connectivity index (χ1) is 10.5. The summed E-state index contributed by atoms with van der Waals surface area (Å²) in [5.74, 6) is 0.727. The number of amides is 1. The highest BCUT2D eigenvalue weighted by molar-refractivity contribution is 5.85. The van der Waals surface area contributed by atoms with Crippen LogP contribution in [0.15, 0.2) is 24.3 Å². The van der Waals surface area contributed by atoms with Gasteiger partial charge in [0, 0.05) is 6.42 Å². The van der Waals surface area contributed by atoms with Gasteiger partial charge in [0.2, 0.25) is 5.91 Å². The van der Waals surface area contributed by atoms with E-state index in [-0.39, 0.29) is 30.1 Å². The first-order valence-corrected chi connectivity index (χ1v) is 7.59. The Morgan fingerprint density at radius 1 is 1.39 bits per heavy atom. The molecular weight excluding hydrogens is 326 g/mol. The summed E-state index contributed by atoms with van der Waals surface area (Å²) in [5, 5.41) is 6.22. The van der Waals surface area contributed by atoms with Gasteiger partial charge in [-0.1, -0.05) is 12.1 Å². The van der Waals surface area contributed by atoms with Gasteiger partial charge >= 0.3 is 6.61 Å². The van der Waals surface area contributed by atoms with Gasteiger partial charge in [0.1, 0.15) is 5.75 Å². The molecule has 1 saturated heterocycles. The fourth-order valence-electron chi connectivity index (χ4n) is 2.63. The molecule has 1 amide bonds. The molecule has 2 N–H and O–H groups in total. The van der Waals surface area contributed by atoms with Crippen molar-refractivity contribution in [2.45, 2.75) is 38.8 Å². The van der Waals surface area contributed by atoms with E-state index in [1.54, 1.807) is 12.1 Å². The van der Waals surface area contributed by atoms with Crippen molar-refractivity contribution in [1.29, 1.82) is 0 Å². The monoisotopic (exact) mass is 348 g/mol. The molecule has 0 aliphatic carbocycles. The van der Waals surface area contributed by atoms with Gasteiger partial charge < -0.3 is 15.4 Å².